The van der Waals surface area contributed by atoms with Crippen molar-refractivity contribution in [2.24, 2.45) is 5.73 Å². The zero-order valence-electron chi connectivity index (χ0n) is 11.1. The molecule has 0 bridgehead atoms. The zero-order valence-corrected chi connectivity index (χ0v) is 13.5. The van der Waals surface area contributed by atoms with Crippen molar-refractivity contribution in [2.75, 3.05) is 32.7 Å². The van der Waals surface area contributed by atoms with Crippen LogP contribution in [0.5, 0.6) is 0 Å². The van der Waals surface area contributed by atoms with E-state index in [1.54, 1.807) is 0 Å². The van der Waals surface area contributed by atoms with E-state index >= 15 is 0 Å². The van der Waals surface area contributed by atoms with Gasteiger partial charge in [0.2, 0.25) is 0 Å². The van der Waals surface area contributed by atoms with Crippen LogP contribution in [0.2, 0.25) is 0 Å². The van der Waals surface area contributed by atoms with Crippen LogP contribution in [0.25, 0.3) is 0 Å². The molecule has 1 aliphatic rings. The minimum absolute atomic E-state index is 0.260. The summed E-state index contributed by atoms with van der Waals surface area (Å²) >= 11 is 7.82. The quantitative estimate of drug-likeness (QED) is 0.815. The number of nitrogens with zero attached hydrogens (tertiary/aromatic N) is 2. The smallest absolute Gasteiger partial charge is 0.259 e. The van der Waals surface area contributed by atoms with Crippen molar-refractivity contribution in [3.63, 3.8) is 0 Å². The average Bonchev–Trinajstić information content (AvgIpc) is 2.37. The first-order valence-corrected chi connectivity index (χ1v) is 7.53. The third kappa shape index (κ3) is 3.96. The predicted octanol–water partition coefficient (Wildman–Crippen LogP) is 1.77. The van der Waals surface area contributed by atoms with E-state index in [4.69, 9.17) is 18.0 Å². The molecule has 4 nitrogen and oxygen atoms in total. The van der Waals surface area contributed by atoms with Gasteiger partial charge < -0.3 is 10.6 Å². The number of halogens is 3. The molecule has 0 aliphatic carbocycles. The Morgan fingerprint density at radius 1 is 1.24 bits per heavy atom. The van der Waals surface area contributed by atoms with Gasteiger partial charge in [-0.1, -0.05) is 28.1 Å². The van der Waals surface area contributed by atoms with Crippen LogP contribution in [0.4, 0.5) is 8.78 Å². The number of piperazine rings is 1. The fourth-order valence-electron chi connectivity index (χ4n) is 2.23. The minimum Gasteiger partial charge on any atom is -0.392 e. The second kappa shape index (κ2) is 6.76. The summed E-state index contributed by atoms with van der Waals surface area (Å²) in [5.74, 6) is -2.36. The Hall–Kier alpha value is -1.12. The van der Waals surface area contributed by atoms with Crippen molar-refractivity contribution in [1.29, 1.82) is 0 Å². The molecule has 1 fully saturated rings. The van der Waals surface area contributed by atoms with Gasteiger partial charge in [-0.2, -0.15) is 0 Å². The Bertz CT molecular complexity index is 554. The zero-order chi connectivity index (χ0) is 15.6. The second-order valence-electron chi connectivity index (χ2n) is 4.78. The van der Waals surface area contributed by atoms with E-state index in [0.29, 0.717) is 37.7 Å². The number of carbonyl (C=O) groups excluding carboxylic acids is 1. The minimum atomic E-state index is -0.863. The Labute approximate surface area is 135 Å². The largest absolute Gasteiger partial charge is 0.392 e. The van der Waals surface area contributed by atoms with Crippen molar-refractivity contribution in [3.8, 4) is 0 Å². The maximum absolute atomic E-state index is 13.8. The van der Waals surface area contributed by atoms with E-state index < -0.39 is 23.1 Å². The van der Waals surface area contributed by atoms with Crippen LogP contribution < -0.4 is 5.73 Å². The molecule has 1 amide bonds. The van der Waals surface area contributed by atoms with Crippen LogP contribution >= 0.6 is 28.1 Å². The number of amides is 1. The first-order valence-electron chi connectivity index (χ1n) is 6.33. The lowest BCUT2D eigenvalue weighted by atomic mass is 10.1. The average molecular weight is 378 g/mol. The molecule has 0 aromatic heterocycles. The van der Waals surface area contributed by atoms with E-state index in [9.17, 15) is 13.6 Å². The second-order valence-corrected chi connectivity index (χ2v) is 6.22. The van der Waals surface area contributed by atoms with Gasteiger partial charge in [-0.15, -0.1) is 0 Å². The first-order chi connectivity index (χ1) is 9.88. The Morgan fingerprint density at radius 3 is 2.24 bits per heavy atom. The molecule has 1 aliphatic heterocycles. The van der Waals surface area contributed by atoms with Crippen molar-refractivity contribution in [2.45, 2.75) is 0 Å². The van der Waals surface area contributed by atoms with Crippen LogP contribution in [0.3, 0.4) is 0 Å². The Kier molecular flexibility index (Phi) is 5.23. The van der Waals surface area contributed by atoms with E-state index in [2.05, 4.69) is 15.9 Å². The Morgan fingerprint density at radius 2 is 1.76 bits per heavy atom. The molecule has 0 radical (unpaired) electrons. The molecule has 8 heteroatoms. The van der Waals surface area contributed by atoms with Gasteiger partial charge in [0.1, 0.15) is 17.2 Å². The SMILES string of the molecule is NC(=S)CN1CCN(C(=O)c2c(F)cc(Br)cc2F)CC1. The number of hydrogen-bond donors (Lipinski definition) is 1. The molecule has 1 saturated heterocycles. The molecule has 1 heterocycles. The van der Waals surface area contributed by atoms with Gasteiger partial charge in [-0.05, 0) is 12.1 Å². The van der Waals surface area contributed by atoms with Crippen LogP contribution in [0.1, 0.15) is 10.4 Å². The molecule has 2 rings (SSSR count). The lowest BCUT2D eigenvalue weighted by molar-refractivity contribution is 0.0645. The monoisotopic (exact) mass is 377 g/mol. The molecule has 0 spiro atoms. The highest BCUT2D eigenvalue weighted by Gasteiger charge is 2.27. The van der Waals surface area contributed by atoms with Crippen LogP contribution in [0, 0.1) is 11.6 Å². The van der Waals surface area contributed by atoms with E-state index in [1.165, 1.54) is 4.90 Å². The molecule has 1 aromatic carbocycles. The number of thiocarbonyl (C=S) groups is 1. The van der Waals surface area contributed by atoms with Crippen molar-refractivity contribution >= 4 is 39.0 Å². The van der Waals surface area contributed by atoms with Crippen LogP contribution in [-0.4, -0.2) is 53.4 Å². The summed E-state index contributed by atoms with van der Waals surface area (Å²) in [4.78, 5) is 16.1. The topological polar surface area (TPSA) is 49.6 Å². The summed E-state index contributed by atoms with van der Waals surface area (Å²) in [6.07, 6.45) is 0. The van der Waals surface area contributed by atoms with E-state index in [0.717, 1.165) is 12.1 Å². The van der Waals surface area contributed by atoms with Gasteiger partial charge in [-0.3, -0.25) is 9.69 Å². The first kappa shape index (κ1) is 16.3. The van der Waals surface area contributed by atoms with Gasteiger partial charge in [0.15, 0.2) is 0 Å². The van der Waals surface area contributed by atoms with Gasteiger partial charge in [0.05, 0.1) is 4.99 Å². The van der Waals surface area contributed by atoms with Crippen molar-refractivity contribution < 1.29 is 13.6 Å². The predicted molar refractivity (Wildman–Crippen MR) is 83.2 cm³/mol. The van der Waals surface area contributed by atoms with Gasteiger partial charge in [-0.25, -0.2) is 8.78 Å². The summed E-state index contributed by atoms with van der Waals surface area (Å²) in [5.41, 5.74) is 4.96. The standard InChI is InChI=1S/C13H14BrF2N3OS/c14-8-5-9(15)12(10(16)6-8)13(20)19-3-1-18(2-4-19)7-11(17)21/h5-6H,1-4,7H2,(H2,17,21). The van der Waals surface area contributed by atoms with E-state index in [1.807, 2.05) is 4.90 Å². The number of rotatable bonds is 3. The Balaban J connectivity index is 2.07. The maximum atomic E-state index is 13.8. The summed E-state index contributed by atoms with van der Waals surface area (Å²) in [7, 11) is 0. The number of hydrogen-bond acceptors (Lipinski definition) is 3. The maximum Gasteiger partial charge on any atom is 0.259 e. The lowest BCUT2D eigenvalue weighted by Gasteiger charge is -2.34. The molecule has 0 atom stereocenters. The highest BCUT2D eigenvalue weighted by molar-refractivity contribution is 9.10. The number of nitrogens with two attached hydrogens (primary N) is 1. The third-order valence-electron chi connectivity index (χ3n) is 3.26. The molecule has 1 aromatic rings. The number of carbonyl (C=O) groups is 1. The van der Waals surface area contributed by atoms with E-state index in [-0.39, 0.29) is 4.47 Å². The summed E-state index contributed by atoms with van der Waals surface area (Å²) in [6.45, 7) is 2.40. The molecule has 21 heavy (non-hydrogen) atoms. The molecule has 0 saturated carbocycles. The summed E-state index contributed by atoms with van der Waals surface area (Å²) in [5, 5.41) is 0. The van der Waals surface area contributed by atoms with Gasteiger partial charge >= 0.3 is 0 Å². The highest BCUT2D eigenvalue weighted by Crippen LogP contribution is 2.21. The fourth-order valence-corrected chi connectivity index (χ4v) is 2.82. The molecular formula is C13H14BrF2N3OS. The molecular weight excluding hydrogens is 364 g/mol. The van der Waals surface area contributed by atoms with Crippen LogP contribution in [-0.2, 0) is 0 Å². The normalized spacial score (nSPS) is 16.0. The molecule has 0 unspecified atom stereocenters. The third-order valence-corrected chi connectivity index (χ3v) is 3.85. The summed E-state index contributed by atoms with van der Waals surface area (Å²) in [6, 6.07) is 2.17. The summed E-state index contributed by atoms with van der Waals surface area (Å²) < 4.78 is 27.9. The van der Waals surface area contributed by atoms with Gasteiger partial charge in [0.25, 0.3) is 5.91 Å². The van der Waals surface area contributed by atoms with Crippen LogP contribution in [0.15, 0.2) is 16.6 Å². The number of benzene rings is 1. The van der Waals surface area contributed by atoms with Crippen molar-refractivity contribution in [3.05, 3.63) is 33.8 Å². The molecule has 114 valence electrons. The van der Waals surface area contributed by atoms with Crippen molar-refractivity contribution in [1.82, 2.24) is 9.80 Å². The highest BCUT2D eigenvalue weighted by atomic mass is 79.9. The molecule has 2 N–H and O–H groups in total. The van der Waals surface area contributed by atoms with Gasteiger partial charge in [0, 0.05) is 37.2 Å². The fraction of sp³-hybridized carbons (Fsp3) is 0.385. The lowest BCUT2D eigenvalue weighted by Crippen LogP contribution is -2.50.